The lowest BCUT2D eigenvalue weighted by atomic mass is 9.97. The molecule has 1 fully saturated rings. The third-order valence-electron chi connectivity index (χ3n) is 3.84. The van der Waals surface area contributed by atoms with Crippen molar-refractivity contribution in [2.24, 2.45) is 5.92 Å². The SMILES string of the molecule is COC(=O)C1CC[NH+](CC(=O)Nc2cc(Cl)ccc2F)CC1. The summed E-state index contributed by atoms with van der Waals surface area (Å²) in [4.78, 5) is 24.5. The van der Waals surface area contributed by atoms with Crippen molar-refractivity contribution in [2.75, 3.05) is 32.1 Å². The van der Waals surface area contributed by atoms with Crippen molar-refractivity contribution in [1.82, 2.24) is 0 Å². The van der Waals surface area contributed by atoms with Crippen LogP contribution in [0.3, 0.4) is 0 Å². The number of carbonyl (C=O) groups excluding carboxylic acids is 2. The number of anilines is 1. The van der Waals surface area contributed by atoms with Gasteiger partial charge in [-0.15, -0.1) is 0 Å². The lowest BCUT2D eigenvalue weighted by Crippen LogP contribution is -3.14. The summed E-state index contributed by atoms with van der Waals surface area (Å²) in [6.45, 7) is 1.66. The van der Waals surface area contributed by atoms with Crippen molar-refractivity contribution >= 4 is 29.2 Å². The van der Waals surface area contributed by atoms with Gasteiger partial charge in [0, 0.05) is 17.9 Å². The fourth-order valence-electron chi connectivity index (χ4n) is 2.62. The zero-order chi connectivity index (χ0) is 16.1. The number of hydrogen-bond donors (Lipinski definition) is 2. The largest absolute Gasteiger partial charge is 0.469 e. The van der Waals surface area contributed by atoms with Gasteiger partial charge in [-0.05, 0) is 18.2 Å². The fourth-order valence-corrected chi connectivity index (χ4v) is 2.79. The predicted molar refractivity (Wildman–Crippen MR) is 80.3 cm³/mol. The summed E-state index contributed by atoms with van der Waals surface area (Å²) in [6.07, 6.45) is 1.39. The molecule has 22 heavy (non-hydrogen) atoms. The summed E-state index contributed by atoms with van der Waals surface area (Å²) in [5.41, 5.74) is 0.0846. The Hall–Kier alpha value is -1.66. The summed E-state index contributed by atoms with van der Waals surface area (Å²) in [7, 11) is 1.38. The number of benzene rings is 1. The predicted octanol–water partition coefficient (Wildman–Crippen LogP) is 0.885. The Kier molecular flexibility index (Phi) is 5.74. The van der Waals surface area contributed by atoms with Crippen LogP contribution >= 0.6 is 11.6 Å². The van der Waals surface area contributed by atoms with Crippen molar-refractivity contribution < 1.29 is 23.6 Å². The molecule has 1 amide bonds. The van der Waals surface area contributed by atoms with Gasteiger partial charge in [0.2, 0.25) is 0 Å². The Morgan fingerprint density at radius 2 is 2.09 bits per heavy atom. The second-order valence-corrected chi connectivity index (χ2v) is 5.83. The highest BCUT2D eigenvalue weighted by Crippen LogP contribution is 2.19. The van der Waals surface area contributed by atoms with Gasteiger partial charge < -0.3 is 15.0 Å². The quantitative estimate of drug-likeness (QED) is 0.806. The molecule has 1 saturated heterocycles. The number of ether oxygens (including phenoxy) is 1. The lowest BCUT2D eigenvalue weighted by Gasteiger charge is -2.27. The minimum atomic E-state index is -0.517. The van der Waals surface area contributed by atoms with E-state index in [0.717, 1.165) is 4.90 Å². The Bertz CT molecular complexity index is 560. The molecule has 0 aromatic heterocycles. The third-order valence-corrected chi connectivity index (χ3v) is 4.08. The lowest BCUT2D eigenvalue weighted by molar-refractivity contribution is -0.897. The van der Waals surface area contributed by atoms with Crippen molar-refractivity contribution in [3.63, 3.8) is 0 Å². The van der Waals surface area contributed by atoms with Crippen LogP contribution in [0.2, 0.25) is 5.02 Å². The third kappa shape index (κ3) is 4.42. The number of nitrogens with one attached hydrogen (secondary N) is 2. The first-order valence-corrected chi connectivity index (χ1v) is 7.53. The normalized spacial score (nSPS) is 21.2. The summed E-state index contributed by atoms with van der Waals surface area (Å²) in [5, 5.41) is 2.90. The molecule has 0 unspecified atom stereocenters. The van der Waals surface area contributed by atoms with Gasteiger partial charge in [0.25, 0.3) is 5.91 Å². The van der Waals surface area contributed by atoms with Gasteiger partial charge in [-0.3, -0.25) is 9.59 Å². The molecule has 2 N–H and O–H groups in total. The smallest absolute Gasteiger partial charge is 0.309 e. The van der Waals surface area contributed by atoms with Crippen molar-refractivity contribution in [3.05, 3.63) is 29.0 Å². The molecule has 0 aliphatic carbocycles. The fraction of sp³-hybridized carbons (Fsp3) is 0.467. The Morgan fingerprint density at radius 3 is 2.73 bits per heavy atom. The van der Waals surface area contributed by atoms with Crippen LogP contribution in [0.5, 0.6) is 0 Å². The number of hydrogen-bond acceptors (Lipinski definition) is 3. The average Bonchev–Trinajstić information content (AvgIpc) is 2.51. The Morgan fingerprint density at radius 1 is 1.41 bits per heavy atom. The maximum Gasteiger partial charge on any atom is 0.309 e. The summed E-state index contributed by atoms with van der Waals surface area (Å²) in [6, 6.07) is 4.02. The van der Waals surface area contributed by atoms with Crippen LogP contribution in [0, 0.1) is 11.7 Å². The molecule has 1 aliphatic heterocycles. The molecule has 0 radical (unpaired) electrons. The maximum atomic E-state index is 13.6. The first kappa shape index (κ1) is 16.7. The number of halogens is 2. The Balaban J connectivity index is 1.83. The van der Waals surface area contributed by atoms with E-state index >= 15 is 0 Å². The van der Waals surface area contributed by atoms with E-state index in [1.807, 2.05) is 0 Å². The topological polar surface area (TPSA) is 59.8 Å². The molecule has 0 saturated carbocycles. The zero-order valence-corrected chi connectivity index (χ0v) is 13.1. The number of quaternary nitrogens is 1. The number of rotatable bonds is 4. The van der Waals surface area contributed by atoms with Crippen molar-refractivity contribution in [2.45, 2.75) is 12.8 Å². The van der Waals surface area contributed by atoms with Crippen LogP contribution in [0.15, 0.2) is 18.2 Å². The average molecular weight is 330 g/mol. The van der Waals surface area contributed by atoms with E-state index in [1.54, 1.807) is 0 Å². The summed E-state index contributed by atoms with van der Waals surface area (Å²) < 4.78 is 18.3. The van der Waals surface area contributed by atoms with E-state index < -0.39 is 5.82 Å². The molecule has 1 heterocycles. The van der Waals surface area contributed by atoms with Gasteiger partial charge in [-0.1, -0.05) is 11.6 Å². The number of esters is 1. The van der Waals surface area contributed by atoms with Gasteiger partial charge in [0.1, 0.15) is 5.82 Å². The van der Waals surface area contributed by atoms with Gasteiger partial charge >= 0.3 is 5.97 Å². The maximum absolute atomic E-state index is 13.6. The minimum Gasteiger partial charge on any atom is -0.469 e. The molecule has 0 bridgehead atoms. The first-order valence-electron chi connectivity index (χ1n) is 7.16. The number of methoxy groups -OCH3 is 1. The molecule has 120 valence electrons. The van der Waals surface area contributed by atoms with Crippen LogP contribution in [-0.2, 0) is 14.3 Å². The van der Waals surface area contributed by atoms with Crippen molar-refractivity contribution in [3.8, 4) is 0 Å². The number of carbonyl (C=O) groups is 2. The van der Waals surface area contributed by atoms with E-state index in [1.165, 1.54) is 25.3 Å². The molecule has 5 nitrogen and oxygen atoms in total. The summed E-state index contributed by atoms with van der Waals surface area (Å²) in [5.74, 6) is -1.06. The van der Waals surface area contributed by atoms with E-state index in [0.29, 0.717) is 31.0 Å². The molecular weight excluding hydrogens is 311 g/mol. The number of amides is 1. The highest BCUT2D eigenvalue weighted by atomic mass is 35.5. The van der Waals surface area contributed by atoms with Crippen molar-refractivity contribution in [1.29, 1.82) is 0 Å². The molecule has 1 aliphatic rings. The molecule has 1 aromatic carbocycles. The molecule has 1 aromatic rings. The molecule has 0 spiro atoms. The first-order chi connectivity index (χ1) is 10.5. The zero-order valence-electron chi connectivity index (χ0n) is 12.3. The number of likely N-dealkylation sites (tertiary alicyclic amines) is 1. The molecule has 0 atom stereocenters. The number of piperidine rings is 1. The second-order valence-electron chi connectivity index (χ2n) is 5.40. The minimum absolute atomic E-state index is 0.0813. The van der Waals surface area contributed by atoms with E-state index in [4.69, 9.17) is 16.3 Å². The van der Waals surface area contributed by atoms with E-state index in [-0.39, 0.29) is 30.0 Å². The molecule has 2 rings (SSSR count). The van der Waals surface area contributed by atoms with Gasteiger partial charge in [0.15, 0.2) is 6.54 Å². The molecular formula is C15H19ClFN2O3+. The highest BCUT2D eigenvalue weighted by Gasteiger charge is 2.29. The van der Waals surface area contributed by atoms with Crippen LogP contribution in [-0.4, -0.2) is 38.6 Å². The summed E-state index contributed by atoms with van der Waals surface area (Å²) >= 11 is 5.78. The monoisotopic (exact) mass is 329 g/mol. The van der Waals surface area contributed by atoms with Crippen LogP contribution in [0.25, 0.3) is 0 Å². The van der Waals surface area contributed by atoms with Gasteiger partial charge in [0.05, 0.1) is 31.8 Å². The van der Waals surface area contributed by atoms with Crippen LogP contribution < -0.4 is 10.2 Å². The van der Waals surface area contributed by atoms with Gasteiger partial charge in [-0.25, -0.2) is 4.39 Å². The van der Waals surface area contributed by atoms with E-state index in [9.17, 15) is 14.0 Å². The standard InChI is InChI=1S/C15H18ClFN2O3/c1-22-15(21)10-4-6-19(7-5-10)9-14(20)18-13-8-11(16)2-3-12(13)17/h2-3,8,10H,4-7,9H2,1H3,(H,18,20)/p+1. The Labute approximate surface area is 133 Å². The second kappa shape index (κ2) is 7.56. The highest BCUT2D eigenvalue weighted by molar-refractivity contribution is 6.30. The van der Waals surface area contributed by atoms with Gasteiger partial charge in [-0.2, -0.15) is 0 Å². The van der Waals surface area contributed by atoms with E-state index in [2.05, 4.69) is 5.32 Å². The molecule has 7 heteroatoms. The van der Waals surface area contributed by atoms with Crippen LogP contribution in [0.4, 0.5) is 10.1 Å². The van der Waals surface area contributed by atoms with Crippen LogP contribution in [0.1, 0.15) is 12.8 Å².